The number of anilines is 1. The molecule has 0 aliphatic carbocycles. The van der Waals surface area contributed by atoms with Gasteiger partial charge in [0.1, 0.15) is 17.8 Å². The zero-order valence-corrected chi connectivity index (χ0v) is 7.03. The summed E-state index contributed by atoms with van der Waals surface area (Å²) < 4.78 is 0. The normalized spacial score (nSPS) is 10.2. The molecule has 0 saturated carbocycles. The van der Waals surface area contributed by atoms with Crippen LogP contribution in [0.2, 0.25) is 0 Å². The highest BCUT2D eigenvalue weighted by atomic mass is 16.1. The minimum atomic E-state index is -0.138. The minimum absolute atomic E-state index is 0.138. The molecule has 0 saturated heterocycles. The zero-order chi connectivity index (χ0) is 9.26. The van der Waals surface area contributed by atoms with Crippen molar-refractivity contribution in [1.82, 2.24) is 15.0 Å². The third kappa shape index (κ3) is 1.35. The van der Waals surface area contributed by atoms with Crippen molar-refractivity contribution in [1.29, 1.82) is 0 Å². The van der Waals surface area contributed by atoms with E-state index in [9.17, 15) is 4.79 Å². The first-order chi connectivity index (χ1) is 6.27. The zero-order valence-electron chi connectivity index (χ0n) is 7.03. The van der Waals surface area contributed by atoms with E-state index >= 15 is 0 Å². The van der Waals surface area contributed by atoms with Crippen molar-refractivity contribution in [2.75, 3.05) is 5.32 Å². The van der Waals surface area contributed by atoms with Gasteiger partial charge in [-0.05, 0) is 6.07 Å². The van der Waals surface area contributed by atoms with Gasteiger partial charge >= 0.3 is 0 Å². The van der Waals surface area contributed by atoms with E-state index in [0.717, 1.165) is 11.0 Å². The van der Waals surface area contributed by atoms with Crippen LogP contribution in [0.3, 0.4) is 0 Å². The molecule has 2 aromatic heterocycles. The molecule has 0 radical (unpaired) electrons. The summed E-state index contributed by atoms with van der Waals surface area (Å²) in [6, 6.07) is 1.82. The first-order valence-electron chi connectivity index (χ1n) is 3.83. The number of H-pyrrole nitrogens is 1. The second-order valence-electron chi connectivity index (χ2n) is 2.64. The Morgan fingerprint density at radius 2 is 2.38 bits per heavy atom. The Bertz CT molecular complexity index is 448. The van der Waals surface area contributed by atoms with E-state index in [1.807, 2.05) is 6.07 Å². The number of aromatic nitrogens is 3. The molecule has 5 nitrogen and oxygen atoms in total. The smallest absolute Gasteiger partial charge is 0.222 e. The molecule has 2 rings (SSSR count). The van der Waals surface area contributed by atoms with Crippen LogP contribution < -0.4 is 5.32 Å². The molecule has 13 heavy (non-hydrogen) atoms. The Morgan fingerprint density at radius 1 is 1.54 bits per heavy atom. The summed E-state index contributed by atoms with van der Waals surface area (Å²) in [5.74, 6) is 0.403. The maximum absolute atomic E-state index is 10.8. The van der Waals surface area contributed by atoms with Crippen molar-refractivity contribution >= 4 is 22.8 Å². The van der Waals surface area contributed by atoms with Gasteiger partial charge in [0.25, 0.3) is 0 Å². The van der Waals surface area contributed by atoms with Gasteiger partial charge < -0.3 is 10.3 Å². The standard InChI is InChI=1S/C8H8N4O/c1-5(13)12-8-6-2-3-9-7(6)10-4-11-8/h2-4H,1H3,(H2,9,10,11,12,13). The molecular weight excluding hydrogens is 168 g/mol. The summed E-state index contributed by atoms with van der Waals surface area (Å²) in [5.41, 5.74) is 0.721. The van der Waals surface area contributed by atoms with Crippen LogP contribution in [0, 0.1) is 0 Å². The molecule has 0 spiro atoms. The highest BCUT2D eigenvalue weighted by Crippen LogP contribution is 2.16. The summed E-state index contributed by atoms with van der Waals surface area (Å²) >= 11 is 0. The SMILES string of the molecule is CC(=O)Nc1ncnc2[nH]ccc12. The first kappa shape index (κ1) is 7.72. The van der Waals surface area contributed by atoms with Crippen LogP contribution in [0.4, 0.5) is 5.82 Å². The molecule has 1 amide bonds. The second kappa shape index (κ2) is 2.85. The lowest BCUT2D eigenvalue weighted by Crippen LogP contribution is -2.07. The van der Waals surface area contributed by atoms with E-state index in [2.05, 4.69) is 20.3 Å². The van der Waals surface area contributed by atoms with E-state index in [0.29, 0.717) is 5.82 Å². The lowest BCUT2D eigenvalue weighted by molar-refractivity contribution is -0.114. The van der Waals surface area contributed by atoms with Crippen molar-refractivity contribution in [2.24, 2.45) is 0 Å². The van der Waals surface area contributed by atoms with E-state index in [4.69, 9.17) is 0 Å². The van der Waals surface area contributed by atoms with Gasteiger partial charge in [-0.15, -0.1) is 0 Å². The van der Waals surface area contributed by atoms with Crippen LogP contribution in [0.15, 0.2) is 18.6 Å². The number of nitrogens with zero attached hydrogens (tertiary/aromatic N) is 2. The number of aromatic amines is 1. The summed E-state index contributed by atoms with van der Waals surface area (Å²) in [5, 5.41) is 3.44. The lowest BCUT2D eigenvalue weighted by atomic mass is 10.4. The fourth-order valence-electron chi connectivity index (χ4n) is 1.14. The Balaban J connectivity index is 2.54. The first-order valence-corrected chi connectivity index (χ1v) is 3.83. The average Bonchev–Trinajstić information content (AvgIpc) is 2.51. The van der Waals surface area contributed by atoms with Gasteiger partial charge in [-0.25, -0.2) is 9.97 Å². The molecule has 0 aliphatic heterocycles. The number of nitrogens with one attached hydrogen (secondary N) is 2. The maximum Gasteiger partial charge on any atom is 0.222 e. The highest BCUT2D eigenvalue weighted by Gasteiger charge is 2.04. The Morgan fingerprint density at radius 3 is 3.15 bits per heavy atom. The maximum atomic E-state index is 10.8. The Hall–Kier alpha value is -1.91. The topological polar surface area (TPSA) is 70.7 Å². The fraction of sp³-hybridized carbons (Fsp3) is 0.125. The van der Waals surface area contributed by atoms with Gasteiger partial charge in [0.05, 0.1) is 5.39 Å². The number of fused-ring (bicyclic) bond motifs is 1. The van der Waals surface area contributed by atoms with Gasteiger partial charge in [0.15, 0.2) is 0 Å². The molecule has 0 bridgehead atoms. The Labute approximate surface area is 74.2 Å². The molecule has 66 valence electrons. The van der Waals surface area contributed by atoms with E-state index < -0.39 is 0 Å². The van der Waals surface area contributed by atoms with Crippen LogP contribution in [0.1, 0.15) is 6.92 Å². The van der Waals surface area contributed by atoms with Crippen LogP contribution in [0.25, 0.3) is 11.0 Å². The summed E-state index contributed by atoms with van der Waals surface area (Å²) in [6.45, 7) is 1.45. The monoisotopic (exact) mass is 176 g/mol. The molecule has 0 atom stereocenters. The summed E-state index contributed by atoms with van der Waals surface area (Å²) in [4.78, 5) is 21.7. The number of carbonyl (C=O) groups is 1. The molecule has 0 fully saturated rings. The van der Waals surface area contributed by atoms with Crippen molar-refractivity contribution in [2.45, 2.75) is 6.92 Å². The Kier molecular flexibility index (Phi) is 1.70. The molecule has 5 heteroatoms. The van der Waals surface area contributed by atoms with Crippen LogP contribution >= 0.6 is 0 Å². The molecule has 2 N–H and O–H groups in total. The van der Waals surface area contributed by atoms with Gasteiger partial charge in [-0.1, -0.05) is 0 Å². The molecular formula is C8H8N4O. The molecule has 0 aromatic carbocycles. The third-order valence-corrected chi connectivity index (χ3v) is 1.65. The number of hydrogen-bond acceptors (Lipinski definition) is 3. The van der Waals surface area contributed by atoms with Crippen LogP contribution in [-0.4, -0.2) is 20.9 Å². The second-order valence-corrected chi connectivity index (χ2v) is 2.64. The van der Waals surface area contributed by atoms with E-state index in [1.165, 1.54) is 13.3 Å². The third-order valence-electron chi connectivity index (χ3n) is 1.65. The van der Waals surface area contributed by atoms with Crippen LogP contribution in [-0.2, 0) is 4.79 Å². The number of amides is 1. The van der Waals surface area contributed by atoms with Gasteiger partial charge in [0, 0.05) is 13.1 Å². The fourth-order valence-corrected chi connectivity index (χ4v) is 1.14. The summed E-state index contributed by atoms with van der Waals surface area (Å²) in [7, 11) is 0. The average molecular weight is 176 g/mol. The van der Waals surface area contributed by atoms with Crippen molar-refractivity contribution in [3.05, 3.63) is 18.6 Å². The van der Waals surface area contributed by atoms with Crippen LogP contribution in [0.5, 0.6) is 0 Å². The predicted molar refractivity (Wildman–Crippen MR) is 48.2 cm³/mol. The van der Waals surface area contributed by atoms with Gasteiger partial charge in [-0.3, -0.25) is 4.79 Å². The van der Waals surface area contributed by atoms with Crippen molar-refractivity contribution < 1.29 is 4.79 Å². The molecule has 0 unspecified atom stereocenters. The van der Waals surface area contributed by atoms with E-state index in [1.54, 1.807) is 6.20 Å². The quantitative estimate of drug-likeness (QED) is 0.678. The van der Waals surface area contributed by atoms with Gasteiger partial charge in [0.2, 0.25) is 5.91 Å². The van der Waals surface area contributed by atoms with Crippen molar-refractivity contribution in [3.63, 3.8) is 0 Å². The van der Waals surface area contributed by atoms with Gasteiger partial charge in [-0.2, -0.15) is 0 Å². The highest BCUT2D eigenvalue weighted by molar-refractivity contribution is 5.97. The summed E-state index contributed by atoms with van der Waals surface area (Å²) in [6.07, 6.45) is 3.16. The number of carbonyl (C=O) groups excluding carboxylic acids is 1. The largest absolute Gasteiger partial charge is 0.346 e. The lowest BCUT2D eigenvalue weighted by Gasteiger charge is -2.00. The predicted octanol–water partition coefficient (Wildman–Crippen LogP) is 0.916. The number of hydrogen-bond donors (Lipinski definition) is 2. The minimum Gasteiger partial charge on any atom is -0.346 e. The molecule has 0 aliphatic rings. The molecule has 2 aromatic rings. The number of rotatable bonds is 1. The molecule has 2 heterocycles. The van der Waals surface area contributed by atoms with Crippen molar-refractivity contribution in [3.8, 4) is 0 Å². The van der Waals surface area contributed by atoms with E-state index in [-0.39, 0.29) is 5.91 Å².